The van der Waals surface area contributed by atoms with Crippen molar-refractivity contribution in [1.29, 1.82) is 0 Å². The van der Waals surface area contributed by atoms with Crippen LogP contribution in [0.15, 0.2) is 83.8 Å². The van der Waals surface area contributed by atoms with Gasteiger partial charge in [0.2, 0.25) is 5.91 Å². The second-order valence-corrected chi connectivity index (χ2v) is 10.7. The lowest BCUT2D eigenvalue weighted by Gasteiger charge is -2.49. The van der Waals surface area contributed by atoms with Gasteiger partial charge in [-0.2, -0.15) is 0 Å². The molecule has 4 rings (SSSR count). The summed E-state index contributed by atoms with van der Waals surface area (Å²) in [5.41, 5.74) is 1.13. The first-order valence-electron chi connectivity index (χ1n) is 11.4. The number of carbonyl (C=O) groups is 2. The van der Waals surface area contributed by atoms with Crippen LogP contribution in [0.25, 0.3) is 0 Å². The van der Waals surface area contributed by atoms with Crippen LogP contribution in [0, 0.1) is 12.7 Å². The van der Waals surface area contributed by atoms with E-state index in [2.05, 4.69) is 0 Å². The van der Waals surface area contributed by atoms with Gasteiger partial charge in [-0.1, -0.05) is 66.7 Å². The molecule has 1 fully saturated rings. The molecule has 1 aliphatic heterocycles. The van der Waals surface area contributed by atoms with Crippen LogP contribution in [0.2, 0.25) is 0 Å². The Labute approximate surface area is 204 Å². The van der Waals surface area contributed by atoms with Crippen LogP contribution in [-0.2, 0) is 19.6 Å². The molecule has 1 aliphatic rings. The summed E-state index contributed by atoms with van der Waals surface area (Å²) in [6.45, 7) is 3.49. The van der Waals surface area contributed by atoms with Crippen LogP contribution < -0.4 is 4.72 Å². The number of halogens is 1. The lowest BCUT2D eigenvalue weighted by atomic mass is 9.83. The molecule has 2 amide bonds. The maximum atomic E-state index is 14.2. The van der Waals surface area contributed by atoms with Crippen LogP contribution in [0.1, 0.15) is 42.4 Å². The van der Waals surface area contributed by atoms with E-state index in [4.69, 9.17) is 0 Å². The molecule has 8 heteroatoms. The Hall–Kier alpha value is -3.52. The molecule has 0 bridgehead atoms. The largest absolute Gasteiger partial charge is 0.328 e. The molecular formula is C27H27FN2O4S. The fraction of sp³-hybridized carbons (Fsp3) is 0.259. The van der Waals surface area contributed by atoms with Crippen molar-refractivity contribution in [3.8, 4) is 0 Å². The van der Waals surface area contributed by atoms with E-state index in [-0.39, 0.29) is 18.2 Å². The summed E-state index contributed by atoms with van der Waals surface area (Å²) in [6.07, 6.45) is 0.424. The standard InChI is InChI=1S/C27H27FN2O4S/c1-19-13-14-23(28)24(17-19)35(33,34)29-26(32)27(2)15-16-30(27)25(31)18-22(20-9-5-3-6-10-20)21-11-7-4-8-12-21/h3-14,17,22H,15-16,18H2,1-2H3,(H,29,32). The number of amides is 2. The highest BCUT2D eigenvalue weighted by atomic mass is 32.2. The molecule has 0 aromatic heterocycles. The summed E-state index contributed by atoms with van der Waals surface area (Å²) in [6, 6.07) is 22.9. The topological polar surface area (TPSA) is 83.6 Å². The number of benzene rings is 3. The zero-order valence-corrected chi connectivity index (χ0v) is 20.4. The minimum absolute atomic E-state index is 0.121. The molecule has 0 spiro atoms. The van der Waals surface area contributed by atoms with E-state index in [0.29, 0.717) is 18.5 Å². The molecular weight excluding hydrogens is 467 g/mol. The smallest absolute Gasteiger partial charge is 0.267 e. The molecule has 35 heavy (non-hydrogen) atoms. The number of nitrogens with zero attached hydrogens (tertiary/aromatic N) is 1. The molecule has 0 radical (unpaired) electrons. The maximum absolute atomic E-state index is 14.2. The van der Waals surface area contributed by atoms with Crippen LogP contribution >= 0.6 is 0 Å². The van der Waals surface area contributed by atoms with E-state index < -0.39 is 32.2 Å². The van der Waals surface area contributed by atoms with E-state index in [1.54, 1.807) is 6.92 Å². The predicted molar refractivity (Wildman–Crippen MR) is 131 cm³/mol. The quantitative estimate of drug-likeness (QED) is 0.535. The van der Waals surface area contributed by atoms with Crippen molar-refractivity contribution in [2.45, 2.75) is 43.0 Å². The monoisotopic (exact) mass is 494 g/mol. The van der Waals surface area contributed by atoms with Gasteiger partial charge in [0.1, 0.15) is 16.3 Å². The van der Waals surface area contributed by atoms with Crippen molar-refractivity contribution in [2.24, 2.45) is 0 Å². The lowest BCUT2D eigenvalue weighted by Crippen LogP contribution is -2.67. The van der Waals surface area contributed by atoms with Gasteiger partial charge >= 0.3 is 0 Å². The SMILES string of the molecule is Cc1ccc(F)c(S(=O)(=O)NC(=O)C2(C)CCN2C(=O)CC(c2ccccc2)c2ccccc2)c1. The second kappa shape index (κ2) is 9.62. The van der Waals surface area contributed by atoms with E-state index in [9.17, 15) is 22.4 Å². The molecule has 1 atom stereocenters. The summed E-state index contributed by atoms with van der Waals surface area (Å²) in [4.78, 5) is 27.2. The number of hydrogen-bond acceptors (Lipinski definition) is 4. The maximum Gasteiger partial charge on any atom is 0.267 e. The van der Waals surface area contributed by atoms with Crippen molar-refractivity contribution >= 4 is 21.8 Å². The van der Waals surface area contributed by atoms with Gasteiger partial charge in [-0.15, -0.1) is 0 Å². The molecule has 0 saturated carbocycles. The highest BCUT2D eigenvalue weighted by Gasteiger charge is 2.50. The minimum atomic E-state index is -4.44. The number of likely N-dealkylation sites (tertiary alicyclic amines) is 1. The highest BCUT2D eigenvalue weighted by Crippen LogP contribution is 2.35. The molecule has 182 valence electrons. The van der Waals surface area contributed by atoms with Gasteiger partial charge < -0.3 is 4.90 Å². The van der Waals surface area contributed by atoms with Crippen LogP contribution in [0.4, 0.5) is 4.39 Å². The first-order valence-corrected chi connectivity index (χ1v) is 12.8. The molecule has 6 nitrogen and oxygen atoms in total. The summed E-state index contributed by atoms with van der Waals surface area (Å²) in [7, 11) is -4.44. The molecule has 1 heterocycles. The fourth-order valence-corrected chi connectivity index (χ4v) is 5.62. The summed E-state index contributed by atoms with van der Waals surface area (Å²) >= 11 is 0. The van der Waals surface area contributed by atoms with Gasteiger partial charge in [0.25, 0.3) is 15.9 Å². The Morgan fingerprint density at radius 2 is 1.57 bits per heavy atom. The average molecular weight is 495 g/mol. The Kier molecular flexibility index (Phi) is 6.76. The first-order chi connectivity index (χ1) is 16.6. The van der Waals surface area contributed by atoms with Gasteiger partial charge in [-0.05, 0) is 49.1 Å². The van der Waals surface area contributed by atoms with Crippen molar-refractivity contribution < 1.29 is 22.4 Å². The van der Waals surface area contributed by atoms with E-state index in [1.165, 1.54) is 24.0 Å². The van der Waals surface area contributed by atoms with Crippen LogP contribution in [-0.4, -0.2) is 37.2 Å². The molecule has 1 unspecified atom stereocenters. The minimum Gasteiger partial charge on any atom is -0.328 e. The Balaban J connectivity index is 1.54. The van der Waals surface area contributed by atoms with Crippen molar-refractivity contribution in [3.63, 3.8) is 0 Å². The van der Waals surface area contributed by atoms with Crippen molar-refractivity contribution in [3.05, 3.63) is 101 Å². The van der Waals surface area contributed by atoms with Crippen LogP contribution in [0.5, 0.6) is 0 Å². The second-order valence-electron chi connectivity index (χ2n) is 9.02. The van der Waals surface area contributed by atoms with Gasteiger partial charge in [-0.25, -0.2) is 17.5 Å². The fourth-order valence-electron chi connectivity index (χ4n) is 4.38. The van der Waals surface area contributed by atoms with E-state index >= 15 is 0 Å². The zero-order valence-electron chi connectivity index (χ0n) is 19.6. The third-order valence-electron chi connectivity index (χ3n) is 6.59. The average Bonchev–Trinajstić information content (AvgIpc) is 2.83. The van der Waals surface area contributed by atoms with E-state index in [0.717, 1.165) is 17.2 Å². The number of hydrogen-bond donors (Lipinski definition) is 1. The number of rotatable bonds is 7. The number of nitrogens with one attached hydrogen (secondary N) is 1. The normalized spacial score (nSPS) is 17.7. The van der Waals surface area contributed by atoms with Crippen molar-refractivity contribution in [1.82, 2.24) is 9.62 Å². The number of aryl methyl sites for hydroxylation is 1. The van der Waals surface area contributed by atoms with Crippen molar-refractivity contribution in [2.75, 3.05) is 6.54 Å². The molecule has 1 saturated heterocycles. The van der Waals surface area contributed by atoms with Crippen LogP contribution in [0.3, 0.4) is 0 Å². The molecule has 3 aromatic rings. The number of carbonyl (C=O) groups excluding carboxylic acids is 2. The molecule has 0 aliphatic carbocycles. The predicted octanol–water partition coefficient (Wildman–Crippen LogP) is 4.15. The zero-order chi connectivity index (χ0) is 25.2. The third kappa shape index (κ3) is 4.98. The summed E-state index contributed by atoms with van der Waals surface area (Å²) in [5, 5.41) is 0. The van der Waals surface area contributed by atoms with E-state index in [1.807, 2.05) is 65.4 Å². The Bertz CT molecular complexity index is 1310. The Morgan fingerprint density at radius 1 is 1.00 bits per heavy atom. The highest BCUT2D eigenvalue weighted by molar-refractivity contribution is 7.90. The van der Waals surface area contributed by atoms with Gasteiger partial charge in [0.15, 0.2) is 0 Å². The molecule has 3 aromatic carbocycles. The van der Waals surface area contributed by atoms with Gasteiger partial charge in [-0.3, -0.25) is 9.59 Å². The molecule has 1 N–H and O–H groups in total. The third-order valence-corrected chi connectivity index (χ3v) is 7.94. The Morgan fingerprint density at radius 3 is 2.09 bits per heavy atom. The summed E-state index contributed by atoms with van der Waals surface area (Å²) in [5.74, 6) is -2.28. The number of sulfonamides is 1. The van der Waals surface area contributed by atoms with Gasteiger partial charge in [0.05, 0.1) is 0 Å². The van der Waals surface area contributed by atoms with Gasteiger partial charge in [0, 0.05) is 18.9 Å². The first kappa shape index (κ1) is 24.6. The summed E-state index contributed by atoms with van der Waals surface area (Å²) < 4.78 is 41.7. The lowest BCUT2D eigenvalue weighted by molar-refractivity contribution is -0.156.